The first-order valence-corrected chi connectivity index (χ1v) is 6.88. The number of nitrogens with one attached hydrogen (secondary N) is 1. The highest BCUT2D eigenvalue weighted by Crippen LogP contribution is 2.15. The first kappa shape index (κ1) is 14.1. The van der Waals surface area contributed by atoms with Gasteiger partial charge >= 0.3 is 6.09 Å². The molecule has 1 aromatic heterocycles. The number of carbonyl (C=O) groups is 1. The van der Waals surface area contributed by atoms with E-state index in [2.05, 4.69) is 17.2 Å². The highest BCUT2D eigenvalue weighted by Gasteiger charge is 2.04. The average molecular weight is 286 g/mol. The summed E-state index contributed by atoms with van der Waals surface area (Å²) < 4.78 is 5.12. The average Bonchev–Trinajstić information content (AvgIpc) is 2.92. The van der Waals surface area contributed by atoms with E-state index in [9.17, 15) is 4.79 Å². The molecule has 0 radical (unpaired) electrons. The van der Waals surface area contributed by atoms with Gasteiger partial charge in [-0.25, -0.2) is 4.79 Å². The van der Waals surface area contributed by atoms with Crippen molar-refractivity contribution in [1.82, 2.24) is 5.32 Å². The van der Waals surface area contributed by atoms with Crippen molar-refractivity contribution in [2.75, 3.05) is 6.54 Å². The summed E-state index contributed by atoms with van der Waals surface area (Å²) in [5.74, 6) is 6.26. The lowest BCUT2D eigenvalue weighted by Gasteiger charge is -2.04. The Bertz CT molecular complexity index is 626. The first-order chi connectivity index (χ1) is 9.78. The van der Waals surface area contributed by atoms with Crippen LogP contribution in [0.2, 0.25) is 0 Å². The molecule has 20 heavy (non-hydrogen) atoms. The topological polar surface area (TPSA) is 64.3 Å². The molecule has 3 N–H and O–H groups in total. The van der Waals surface area contributed by atoms with Crippen molar-refractivity contribution < 1.29 is 9.53 Å². The second kappa shape index (κ2) is 7.34. The smallest absolute Gasteiger partial charge is 0.410 e. The molecule has 0 aliphatic carbocycles. The van der Waals surface area contributed by atoms with E-state index in [4.69, 9.17) is 10.5 Å². The fourth-order valence-corrected chi connectivity index (χ4v) is 2.29. The number of thiophene rings is 1. The van der Waals surface area contributed by atoms with E-state index in [-0.39, 0.29) is 0 Å². The van der Waals surface area contributed by atoms with Crippen LogP contribution in [0.5, 0.6) is 5.75 Å². The Balaban J connectivity index is 1.83. The van der Waals surface area contributed by atoms with Gasteiger partial charge in [0.05, 0.1) is 18.0 Å². The molecule has 0 saturated heterocycles. The third kappa shape index (κ3) is 4.43. The summed E-state index contributed by atoms with van der Waals surface area (Å²) in [6.45, 7) is 0.759. The van der Waals surface area contributed by atoms with Crippen molar-refractivity contribution in [2.45, 2.75) is 6.54 Å². The van der Waals surface area contributed by atoms with Crippen LogP contribution in [0.1, 0.15) is 9.75 Å². The number of hydrogen-bond donors (Lipinski definition) is 2. The zero-order valence-electron chi connectivity index (χ0n) is 10.8. The Morgan fingerprint density at radius 3 is 2.80 bits per heavy atom. The van der Waals surface area contributed by atoms with Gasteiger partial charge in [-0.05, 0) is 24.3 Å². The van der Waals surface area contributed by atoms with Crippen LogP contribution >= 0.6 is 11.3 Å². The molecular formula is C15H14N2O2S. The molecule has 0 atom stereocenters. The molecule has 1 aromatic carbocycles. The van der Waals surface area contributed by atoms with Crippen LogP contribution in [0.4, 0.5) is 4.79 Å². The molecule has 4 nitrogen and oxygen atoms in total. The van der Waals surface area contributed by atoms with Gasteiger partial charge in [-0.1, -0.05) is 30.0 Å². The summed E-state index contributed by atoms with van der Waals surface area (Å²) in [5, 5.41) is 2.69. The van der Waals surface area contributed by atoms with Gasteiger partial charge in [0.15, 0.2) is 0 Å². The summed E-state index contributed by atoms with van der Waals surface area (Å²) in [6.07, 6.45) is -0.473. The summed E-state index contributed by atoms with van der Waals surface area (Å²) in [4.78, 5) is 13.5. The van der Waals surface area contributed by atoms with E-state index in [1.54, 1.807) is 12.1 Å². The van der Waals surface area contributed by atoms with Crippen molar-refractivity contribution >= 4 is 17.4 Å². The minimum atomic E-state index is -0.473. The van der Waals surface area contributed by atoms with Gasteiger partial charge in [-0.15, -0.1) is 11.3 Å². The number of nitrogens with two attached hydrogens (primary N) is 1. The maximum atomic E-state index is 11.6. The van der Waals surface area contributed by atoms with Crippen LogP contribution in [-0.4, -0.2) is 12.6 Å². The lowest BCUT2D eigenvalue weighted by molar-refractivity contribution is 0.200. The van der Waals surface area contributed by atoms with Crippen molar-refractivity contribution in [2.24, 2.45) is 5.73 Å². The molecule has 2 aromatic rings. The first-order valence-electron chi connectivity index (χ1n) is 6.06. The molecule has 0 unspecified atom stereocenters. The number of benzene rings is 1. The minimum Gasteiger partial charge on any atom is -0.410 e. The van der Waals surface area contributed by atoms with Crippen LogP contribution in [0.25, 0.3) is 0 Å². The van der Waals surface area contributed by atoms with E-state index in [1.807, 2.05) is 30.3 Å². The lowest BCUT2D eigenvalue weighted by Crippen LogP contribution is -2.25. The second-order valence-corrected chi connectivity index (χ2v) is 5.00. The predicted octanol–water partition coefficient (Wildman–Crippen LogP) is 2.35. The SMILES string of the molecule is NCC#Cc1ccc(CNC(=O)Oc2ccccc2)s1. The number of amides is 1. The predicted molar refractivity (Wildman–Crippen MR) is 79.6 cm³/mol. The van der Waals surface area contributed by atoms with E-state index in [1.165, 1.54) is 11.3 Å². The molecule has 0 saturated carbocycles. The summed E-state index contributed by atoms with van der Waals surface area (Å²) in [5.41, 5.74) is 5.31. The number of carbonyl (C=O) groups excluding carboxylic acids is 1. The standard InChI is InChI=1S/C15H14N2O2S/c16-10-4-7-13-8-9-14(20-13)11-17-15(18)19-12-5-2-1-3-6-12/h1-3,5-6,8-9H,10-11,16H2,(H,17,18). The van der Waals surface area contributed by atoms with E-state index >= 15 is 0 Å². The summed E-state index contributed by atoms with van der Waals surface area (Å²) >= 11 is 1.52. The molecule has 0 spiro atoms. The molecule has 0 aliphatic heterocycles. The van der Waals surface area contributed by atoms with Crippen LogP contribution in [0, 0.1) is 11.8 Å². The fraction of sp³-hybridized carbons (Fsp3) is 0.133. The molecule has 102 valence electrons. The van der Waals surface area contributed by atoms with Crippen LogP contribution in [0.15, 0.2) is 42.5 Å². The molecule has 0 aliphatic rings. The van der Waals surface area contributed by atoms with E-state index in [0.717, 1.165) is 9.75 Å². The third-order valence-corrected chi connectivity index (χ3v) is 3.34. The van der Waals surface area contributed by atoms with Crippen LogP contribution in [-0.2, 0) is 6.54 Å². The van der Waals surface area contributed by atoms with Gasteiger partial charge in [-0.3, -0.25) is 0 Å². The largest absolute Gasteiger partial charge is 0.412 e. The molecule has 5 heteroatoms. The van der Waals surface area contributed by atoms with Crippen molar-refractivity contribution in [1.29, 1.82) is 0 Å². The van der Waals surface area contributed by atoms with Gasteiger partial charge in [0.1, 0.15) is 5.75 Å². The van der Waals surface area contributed by atoms with Gasteiger partial charge in [-0.2, -0.15) is 0 Å². The highest BCUT2D eigenvalue weighted by atomic mass is 32.1. The molecule has 0 bridgehead atoms. The number of rotatable bonds is 3. The molecular weight excluding hydrogens is 272 g/mol. The Morgan fingerprint density at radius 2 is 2.05 bits per heavy atom. The summed E-state index contributed by atoms with van der Waals surface area (Å²) in [6, 6.07) is 12.8. The van der Waals surface area contributed by atoms with Crippen LogP contribution in [0.3, 0.4) is 0 Å². The zero-order chi connectivity index (χ0) is 14.2. The Morgan fingerprint density at radius 1 is 1.25 bits per heavy atom. The minimum absolute atomic E-state index is 0.342. The van der Waals surface area contributed by atoms with Crippen LogP contribution < -0.4 is 15.8 Å². The molecule has 2 rings (SSSR count). The summed E-state index contributed by atoms with van der Waals surface area (Å²) in [7, 11) is 0. The normalized spacial score (nSPS) is 9.45. The number of ether oxygens (including phenoxy) is 1. The Hall–Kier alpha value is -2.29. The monoisotopic (exact) mass is 286 g/mol. The Kier molecular flexibility index (Phi) is 5.18. The second-order valence-electron chi connectivity index (χ2n) is 3.83. The van der Waals surface area contributed by atoms with Crippen molar-refractivity contribution in [3.8, 4) is 17.6 Å². The van der Waals surface area contributed by atoms with Gasteiger partial charge in [0.2, 0.25) is 0 Å². The quantitative estimate of drug-likeness (QED) is 0.851. The van der Waals surface area contributed by atoms with Gasteiger partial charge in [0, 0.05) is 4.88 Å². The highest BCUT2D eigenvalue weighted by molar-refractivity contribution is 7.12. The molecule has 1 amide bonds. The van der Waals surface area contributed by atoms with E-state index < -0.39 is 6.09 Å². The maximum absolute atomic E-state index is 11.6. The molecule has 0 fully saturated rings. The lowest BCUT2D eigenvalue weighted by atomic mass is 10.3. The van der Waals surface area contributed by atoms with Gasteiger partial charge < -0.3 is 15.8 Å². The Labute approximate surface area is 121 Å². The fourth-order valence-electron chi connectivity index (χ4n) is 1.47. The maximum Gasteiger partial charge on any atom is 0.412 e. The molecule has 1 heterocycles. The third-order valence-electron chi connectivity index (χ3n) is 2.34. The van der Waals surface area contributed by atoms with Crippen molar-refractivity contribution in [3.05, 3.63) is 52.2 Å². The number of hydrogen-bond acceptors (Lipinski definition) is 4. The van der Waals surface area contributed by atoms with Gasteiger partial charge in [0.25, 0.3) is 0 Å². The van der Waals surface area contributed by atoms with Crippen molar-refractivity contribution in [3.63, 3.8) is 0 Å². The zero-order valence-corrected chi connectivity index (χ0v) is 11.6. The van der Waals surface area contributed by atoms with E-state index in [0.29, 0.717) is 18.8 Å². The number of para-hydroxylation sites is 1.